The van der Waals surface area contributed by atoms with Gasteiger partial charge in [0.25, 0.3) is 0 Å². The predicted octanol–water partition coefficient (Wildman–Crippen LogP) is 3.67. The molecular weight excluding hydrogens is 476 g/mol. The van der Waals surface area contributed by atoms with Gasteiger partial charge in [-0.15, -0.1) is 0 Å². The maximum atomic E-state index is 13.5. The van der Waals surface area contributed by atoms with Crippen molar-refractivity contribution in [3.63, 3.8) is 0 Å². The van der Waals surface area contributed by atoms with Gasteiger partial charge in [-0.1, -0.05) is 48.5 Å². The lowest BCUT2D eigenvalue weighted by molar-refractivity contribution is -0.316. The smallest absolute Gasteiger partial charge is 0.191 e. The Bertz CT molecular complexity index is 1080. The van der Waals surface area contributed by atoms with Crippen LogP contribution in [0, 0.1) is 43.4 Å². The maximum Gasteiger partial charge on any atom is 0.191 e. The highest BCUT2D eigenvalue weighted by molar-refractivity contribution is 5.88. The molecule has 1 aliphatic heterocycles. The summed E-state index contributed by atoms with van der Waals surface area (Å²) < 4.78 is 12.0. The Kier molecular flexibility index (Phi) is 9.83. The molecule has 0 aliphatic carbocycles. The average molecular weight is 521 g/mol. The van der Waals surface area contributed by atoms with Crippen LogP contribution in [-0.4, -0.2) is 45.6 Å². The molecule has 2 heterocycles. The quantitative estimate of drug-likeness (QED) is 0.478. The molecule has 9 atom stereocenters. The summed E-state index contributed by atoms with van der Waals surface area (Å²) >= 11 is 0. The number of aliphatic hydroxyl groups is 2. The number of carbonyl (C=O) groups is 3. The number of ether oxygens (including phenoxy) is 1. The summed E-state index contributed by atoms with van der Waals surface area (Å²) in [6.07, 6.45) is -1.45. The molecule has 8 heteroatoms. The zero-order valence-corrected chi connectivity index (χ0v) is 23.9. The molecule has 0 aromatic carbocycles. The molecule has 8 nitrogen and oxygen atoms in total. The maximum absolute atomic E-state index is 13.5. The predicted molar refractivity (Wildman–Crippen MR) is 139 cm³/mol. The first kappa shape index (κ1) is 31.1. The average Bonchev–Trinajstić information content (AvgIpc) is 2.89. The van der Waals surface area contributed by atoms with Crippen molar-refractivity contribution in [3.8, 4) is 0 Å². The number of rotatable bonds is 10. The van der Waals surface area contributed by atoms with Gasteiger partial charge < -0.3 is 19.4 Å². The number of hydrogen-bond acceptors (Lipinski definition) is 8. The molecule has 0 amide bonds. The zero-order chi connectivity index (χ0) is 28.6. The second kappa shape index (κ2) is 11.7. The Labute approximate surface area is 219 Å². The first-order chi connectivity index (χ1) is 17.1. The van der Waals surface area contributed by atoms with Gasteiger partial charge >= 0.3 is 0 Å². The molecule has 2 rings (SSSR count). The Morgan fingerprint density at radius 2 is 1.59 bits per heavy atom. The van der Waals surface area contributed by atoms with Gasteiger partial charge in [0, 0.05) is 47.6 Å². The van der Waals surface area contributed by atoms with E-state index in [0.717, 1.165) is 0 Å². The van der Waals surface area contributed by atoms with Gasteiger partial charge in [0.1, 0.15) is 28.9 Å². The van der Waals surface area contributed by atoms with E-state index < -0.39 is 53.5 Å². The lowest BCUT2D eigenvalue weighted by atomic mass is 9.71. The number of carbonyl (C=O) groups excluding carboxylic acids is 3. The van der Waals surface area contributed by atoms with Crippen molar-refractivity contribution in [2.75, 3.05) is 0 Å². The van der Waals surface area contributed by atoms with E-state index in [4.69, 9.17) is 9.15 Å². The first-order valence-corrected chi connectivity index (χ1v) is 13.4. The van der Waals surface area contributed by atoms with E-state index in [2.05, 4.69) is 0 Å². The van der Waals surface area contributed by atoms with Gasteiger partial charge in [-0.25, -0.2) is 0 Å². The fraction of sp³-hybridized carbons (Fsp3) is 0.724. The summed E-state index contributed by atoms with van der Waals surface area (Å²) in [4.78, 5) is 51.6. The van der Waals surface area contributed by atoms with Crippen molar-refractivity contribution in [2.24, 2.45) is 29.6 Å². The van der Waals surface area contributed by atoms with Gasteiger partial charge in [0.05, 0.1) is 24.0 Å². The number of hydrogen-bond donors (Lipinski definition) is 2. The van der Waals surface area contributed by atoms with Crippen molar-refractivity contribution in [1.82, 2.24) is 0 Å². The summed E-state index contributed by atoms with van der Waals surface area (Å²) in [5, 5.41) is 22.9. The number of ketones is 3. The summed E-state index contributed by atoms with van der Waals surface area (Å²) in [5.41, 5.74) is 0.692. The Balaban J connectivity index is 2.37. The fourth-order valence-electron chi connectivity index (χ4n) is 5.65. The molecule has 0 saturated carbocycles. The first-order valence-electron chi connectivity index (χ1n) is 13.4. The Morgan fingerprint density at radius 3 is 2.11 bits per heavy atom. The normalized spacial score (nSPS) is 28.3. The minimum atomic E-state index is -2.07. The van der Waals surface area contributed by atoms with Crippen LogP contribution in [0.5, 0.6) is 0 Å². The van der Waals surface area contributed by atoms with Crippen LogP contribution in [0.15, 0.2) is 9.21 Å². The largest absolute Gasteiger partial charge is 0.465 e. The van der Waals surface area contributed by atoms with Gasteiger partial charge in [-0.2, -0.15) is 0 Å². The van der Waals surface area contributed by atoms with E-state index in [0.29, 0.717) is 23.3 Å². The van der Waals surface area contributed by atoms with Crippen molar-refractivity contribution in [1.29, 1.82) is 0 Å². The number of aryl methyl sites for hydroxylation is 1. The van der Waals surface area contributed by atoms with Crippen LogP contribution >= 0.6 is 0 Å². The minimum Gasteiger partial charge on any atom is -0.465 e. The third-order valence-electron chi connectivity index (χ3n) is 8.63. The van der Waals surface area contributed by atoms with Crippen molar-refractivity contribution in [3.05, 3.63) is 32.9 Å². The van der Waals surface area contributed by atoms with Crippen LogP contribution < -0.4 is 5.43 Å². The van der Waals surface area contributed by atoms with Crippen LogP contribution in [0.1, 0.15) is 90.4 Å². The Morgan fingerprint density at radius 1 is 1.03 bits per heavy atom. The summed E-state index contributed by atoms with van der Waals surface area (Å²) in [7, 11) is 0. The minimum absolute atomic E-state index is 0.0893. The van der Waals surface area contributed by atoms with E-state index in [1.165, 1.54) is 13.8 Å². The van der Waals surface area contributed by atoms with Crippen LogP contribution in [0.25, 0.3) is 0 Å². The van der Waals surface area contributed by atoms with Gasteiger partial charge in [-0.05, 0) is 20.8 Å². The van der Waals surface area contributed by atoms with Gasteiger partial charge in [-0.3, -0.25) is 19.2 Å². The Hall–Kier alpha value is -2.16. The highest BCUT2D eigenvalue weighted by Gasteiger charge is 2.56. The zero-order valence-electron chi connectivity index (χ0n) is 23.9. The molecule has 1 aromatic rings. The third kappa shape index (κ3) is 5.52. The van der Waals surface area contributed by atoms with Crippen LogP contribution in [0.2, 0.25) is 0 Å². The molecule has 0 unspecified atom stereocenters. The van der Waals surface area contributed by atoms with E-state index in [1.54, 1.807) is 48.5 Å². The van der Waals surface area contributed by atoms with E-state index in [-0.39, 0.29) is 35.0 Å². The molecule has 1 aliphatic rings. The molecule has 0 radical (unpaired) electrons. The molecule has 0 spiro atoms. The lowest BCUT2D eigenvalue weighted by Gasteiger charge is -2.49. The van der Waals surface area contributed by atoms with Crippen molar-refractivity contribution < 1.29 is 33.8 Å². The molecular formula is C29H44O8. The highest BCUT2D eigenvalue weighted by atomic mass is 16.6. The third-order valence-corrected chi connectivity index (χ3v) is 8.63. The molecule has 2 N–H and O–H groups in total. The fourth-order valence-corrected chi connectivity index (χ4v) is 5.65. The molecule has 1 fully saturated rings. The highest BCUT2D eigenvalue weighted by Crippen LogP contribution is 2.43. The second-order valence-electron chi connectivity index (χ2n) is 10.9. The summed E-state index contributed by atoms with van der Waals surface area (Å²) in [5.74, 6) is -7.03. The van der Waals surface area contributed by atoms with E-state index >= 15 is 0 Å². The van der Waals surface area contributed by atoms with Crippen molar-refractivity contribution >= 4 is 17.3 Å². The van der Waals surface area contributed by atoms with Crippen molar-refractivity contribution in [2.45, 2.75) is 106 Å². The molecule has 0 bridgehead atoms. The molecule has 1 saturated heterocycles. The van der Waals surface area contributed by atoms with Gasteiger partial charge in [0.15, 0.2) is 11.2 Å². The SMILES string of the molecule is CCC(=O)[C@@H](C)[C@@H]1O[C@](O)([C@@H](C)[C@@H](O)[C@@H](C)C(=O)[C@H](C)c2oc(CC)c(C)c(=O)c2C)[C@@H](C)C(=O)[C@H]1C. The standard InChI is InChI=1S/C29H44O8/c1-11-21(30)13(3)28-18(8)26(34)20(10)29(35,37-28)19(9)25(33)15(5)24(32)17(7)27-16(6)23(31)14(4)22(12-2)36-27/h13,15,17-20,25,28,33,35H,11-12H2,1-10H3/t13-,15+,17+,18-,19+,20+,25+,28+,29-/m1/s1. The number of aliphatic hydroxyl groups excluding tert-OH is 1. The topological polar surface area (TPSA) is 131 Å². The lowest BCUT2D eigenvalue weighted by Crippen LogP contribution is -2.62. The molecule has 1 aromatic heterocycles. The van der Waals surface area contributed by atoms with Crippen LogP contribution in [-0.2, 0) is 25.5 Å². The van der Waals surface area contributed by atoms with Crippen LogP contribution in [0.3, 0.4) is 0 Å². The second-order valence-corrected chi connectivity index (χ2v) is 10.9. The molecule has 37 heavy (non-hydrogen) atoms. The van der Waals surface area contributed by atoms with Gasteiger partial charge in [0.2, 0.25) is 0 Å². The van der Waals surface area contributed by atoms with E-state index in [9.17, 15) is 29.4 Å². The number of Topliss-reactive ketones (excluding diaryl/α,β-unsaturated/α-hetero) is 3. The van der Waals surface area contributed by atoms with E-state index in [1.807, 2.05) is 6.92 Å². The summed E-state index contributed by atoms with van der Waals surface area (Å²) in [6, 6.07) is 0. The summed E-state index contributed by atoms with van der Waals surface area (Å²) in [6.45, 7) is 16.5. The monoisotopic (exact) mass is 520 g/mol. The van der Waals surface area contributed by atoms with Crippen LogP contribution in [0.4, 0.5) is 0 Å². The molecule has 208 valence electrons.